The number of hydrogen-bond donors (Lipinski definition) is 0. The lowest BCUT2D eigenvalue weighted by Gasteiger charge is -2.36. The number of carbonyl (C=O) groups is 2. The highest BCUT2D eigenvalue weighted by Crippen LogP contribution is 2.36. The molecule has 6 heteroatoms. The third kappa shape index (κ3) is 4.93. The second-order valence-corrected chi connectivity index (χ2v) is 8.42. The van der Waals surface area contributed by atoms with Gasteiger partial charge in [0.1, 0.15) is 24.2 Å². The Morgan fingerprint density at radius 1 is 1.07 bits per heavy atom. The fraction of sp³-hybridized carbons (Fsp3) is 0.333. The first-order valence-corrected chi connectivity index (χ1v) is 10.9. The maximum absolute atomic E-state index is 12.9. The second-order valence-electron chi connectivity index (χ2n) is 7.57. The van der Waals surface area contributed by atoms with Gasteiger partial charge in [0.05, 0.1) is 10.4 Å². The number of para-hydroxylation sites is 1. The van der Waals surface area contributed by atoms with Gasteiger partial charge in [0.15, 0.2) is 0 Å². The lowest BCUT2D eigenvalue weighted by molar-refractivity contribution is -0.155. The van der Waals surface area contributed by atoms with Gasteiger partial charge in [-0.1, -0.05) is 42.5 Å². The van der Waals surface area contributed by atoms with Gasteiger partial charge in [0, 0.05) is 12.8 Å². The first-order chi connectivity index (χ1) is 14.6. The molecule has 30 heavy (non-hydrogen) atoms. The lowest BCUT2D eigenvalue weighted by atomic mass is 9.80. The summed E-state index contributed by atoms with van der Waals surface area (Å²) >= 11 is 3.42. The first-order valence-electron chi connectivity index (χ1n) is 10.2. The minimum Gasteiger partial charge on any atom is -0.493 e. The van der Waals surface area contributed by atoms with Crippen LogP contribution in [0, 0.1) is 5.92 Å². The van der Waals surface area contributed by atoms with Crippen molar-refractivity contribution in [3.63, 3.8) is 0 Å². The molecule has 4 rings (SSSR count). The van der Waals surface area contributed by atoms with Crippen LogP contribution in [0.2, 0.25) is 0 Å². The molecule has 1 saturated carbocycles. The minimum atomic E-state index is -0.287. The molecule has 3 unspecified atom stereocenters. The molecule has 0 radical (unpaired) electrons. The van der Waals surface area contributed by atoms with Crippen molar-refractivity contribution in [2.75, 3.05) is 0 Å². The van der Waals surface area contributed by atoms with E-state index in [9.17, 15) is 9.59 Å². The van der Waals surface area contributed by atoms with Crippen molar-refractivity contribution >= 4 is 27.7 Å². The number of Topliss-reactive ketones (excluding diaryl/α,β-unsaturated/α-hetero) is 1. The number of benzene rings is 2. The van der Waals surface area contributed by atoms with Gasteiger partial charge in [-0.05, 0) is 52.9 Å². The van der Waals surface area contributed by atoms with Crippen molar-refractivity contribution in [2.24, 2.45) is 5.92 Å². The van der Waals surface area contributed by atoms with E-state index in [0.717, 1.165) is 10.0 Å². The molecule has 2 aromatic carbocycles. The molecular weight excluding hydrogens is 448 g/mol. The molecule has 0 N–H and O–H groups in total. The summed E-state index contributed by atoms with van der Waals surface area (Å²) in [6, 6.07) is 17.2. The van der Waals surface area contributed by atoms with Crippen LogP contribution in [0.25, 0.3) is 0 Å². The van der Waals surface area contributed by atoms with E-state index in [1.165, 1.54) is 6.26 Å². The molecule has 0 bridgehead atoms. The summed E-state index contributed by atoms with van der Waals surface area (Å²) in [6.45, 7) is 0. The van der Waals surface area contributed by atoms with Crippen LogP contribution in [0.5, 0.6) is 5.75 Å². The number of esters is 1. The van der Waals surface area contributed by atoms with E-state index in [1.54, 1.807) is 6.07 Å². The van der Waals surface area contributed by atoms with Gasteiger partial charge in [-0.2, -0.15) is 0 Å². The highest BCUT2D eigenvalue weighted by molar-refractivity contribution is 9.10. The van der Waals surface area contributed by atoms with E-state index in [1.807, 2.05) is 48.5 Å². The predicted molar refractivity (Wildman–Crippen MR) is 115 cm³/mol. The molecule has 5 nitrogen and oxygen atoms in total. The lowest BCUT2D eigenvalue weighted by Crippen LogP contribution is -2.43. The molecule has 0 amide bonds. The first kappa shape index (κ1) is 20.7. The summed E-state index contributed by atoms with van der Waals surface area (Å²) < 4.78 is 18.0. The summed E-state index contributed by atoms with van der Waals surface area (Å²) in [4.78, 5) is 25.1. The summed E-state index contributed by atoms with van der Waals surface area (Å²) in [5.41, 5.74) is 1.11. The highest BCUT2D eigenvalue weighted by atomic mass is 79.9. The van der Waals surface area contributed by atoms with Crippen molar-refractivity contribution in [3.8, 4) is 5.75 Å². The standard InChI is InChI=1S/C24H23BrO5/c25-19-8-4-5-9-20(19)30-22-15-28-21-14-17(11-12-18(21)24(22)27)29-23(26)13-10-16-6-2-1-3-7-16/h1-9,15,17-18,21H,10-14H2. The van der Waals surface area contributed by atoms with E-state index < -0.39 is 0 Å². The van der Waals surface area contributed by atoms with E-state index in [-0.39, 0.29) is 35.6 Å². The monoisotopic (exact) mass is 470 g/mol. The van der Waals surface area contributed by atoms with Gasteiger partial charge >= 0.3 is 5.97 Å². The zero-order valence-corrected chi connectivity index (χ0v) is 18.0. The molecule has 1 fully saturated rings. The number of allylic oxidation sites excluding steroid dienone is 1. The van der Waals surface area contributed by atoms with Crippen LogP contribution in [0.4, 0.5) is 0 Å². The number of halogens is 1. The zero-order valence-electron chi connectivity index (χ0n) is 16.5. The number of ether oxygens (including phenoxy) is 3. The Morgan fingerprint density at radius 2 is 1.83 bits per heavy atom. The smallest absolute Gasteiger partial charge is 0.306 e. The van der Waals surface area contributed by atoms with Gasteiger partial charge in [0.25, 0.3) is 0 Å². The van der Waals surface area contributed by atoms with Gasteiger partial charge in [0.2, 0.25) is 11.5 Å². The maximum Gasteiger partial charge on any atom is 0.306 e. The average Bonchev–Trinajstić information content (AvgIpc) is 2.76. The number of fused-ring (bicyclic) bond motifs is 1. The number of ketones is 1. The molecule has 1 heterocycles. The topological polar surface area (TPSA) is 61.8 Å². The molecule has 2 aromatic rings. The fourth-order valence-corrected chi connectivity index (χ4v) is 4.26. The second kappa shape index (κ2) is 9.47. The molecule has 0 aromatic heterocycles. The number of aryl methyl sites for hydroxylation is 1. The van der Waals surface area contributed by atoms with Gasteiger partial charge in [-0.25, -0.2) is 0 Å². The largest absolute Gasteiger partial charge is 0.493 e. The highest BCUT2D eigenvalue weighted by Gasteiger charge is 2.42. The summed E-state index contributed by atoms with van der Waals surface area (Å²) in [5, 5.41) is 0. The van der Waals surface area contributed by atoms with E-state index >= 15 is 0 Å². The van der Waals surface area contributed by atoms with Crippen molar-refractivity contribution < 1.29 is 23.8 Å². The van der Waals surface area contributed by atoms with Crippen molar-refractivity contribution in [3.05, 3.63) is 76.7 Å². The molecule has 1 aliphatic carbocycles. The number of rotatable bonds is 6. The SMILES string of the molecule is O=C(CCc1ccccc1)OC1CCC2C(=O)C(Oc3ccccc3Br)=COC2C1. The minimum absolute atomic E-state index is 0.0594. The van der Waals surface area contributed by atoms with Crippen LogP contribution in [-0.4, -0.2) is 24.0 Å². The van der Waals surface area contributed by atoms with Gasteiger partial charge < -0.3 is 14.2 Å². The molecule has 3 atom stereocenters. The zero-order chi connectivity index (χ0) is 20.9. The van der Waals surface area contributed by atoms with Crippen LogP contribution in [0.3, 0.4) is 0 Å². The number of hydrogen-bond acceptors (Lipinski definition) is 5. The average molecular weight is 471 g/mol. The quantitative estimate of drug-likeness (QED) is 0.556. The molecule has 2 aliphatic rings. The molecule has 0 spiro atoms. The van der Waals surface area contributed by atoms with Crippen LogP contribution in [0.15, 0.2) is 71.1 Å². The van der Waals surface area contributed by atoms with Crippen molar-refractivity contribution in [1.29, 1.82) is 0 Å². The van der Waals surface area contributed by atoms with Crippen LogP contribution in [0.1, 0.15) is 31.2 Å². The summed E-state index contributed by atoms with van der Waals surface area (Å²) in [6.07, 6.45) is 3.66. The Kier molecular flexibility index (Phi) is 6.53. The Balaban J connectivity index is 1.30. The normalized spacial score (nSPS) is 23.0. The number of carbonyl (C=O) groups excluding carboxylic acids is 2. The van der Waals surface area contributed by atoms with Crippen LogP contribution in [-0.2, 0) is 25.5 Å². The molecule has 1 aliphatic heterocycles. The third-order valence-electron chi connectivity index (χ3n) is 5.49. The van der Waals surface area contributed by atoms with Gasteiger partial charge in [-0.15, -0.1) is 0 Å². The summed E-state index contributed by atoms with van der Waals surface area (Å²) in [5.74, 6) is 0.238. The Labute approximate surface area is 184 Å². The van der Waals surface area contributed by atoms with Crippen LogP contribution < -0.4 is 4.74 Å². The Morgan fingerprint density at radius 3 is 2.63 bits per heavy atom. The molecular formula is C24H23BrO5. The fourth-order valence-electron chi connectivity index (χ4n) is 3.90. The van der Waals surface area contributed by atoms with Crippen molar-refractivity contribution in [1.82, 2.24) is 0 Å². The van der Waals surface area contributed by atoms with E-state index in [0.29, 0.717) is 37.9 Å². The molecule has 156 valence electrons. The Hall–Kier alpha value is -2.60. The predicted octanol–water partition coefficient (Wildman–Crippen LogP) is 4.98. The van der Waals surface area contributed by atoms with E-state index in [2.05, 4.69) is 15.9 Å². The van der Waals surface area contributed by atoms with Crippen LogP contribution >= 0.6 is 15.9 Å². The van der Waals surface area contributed by atoms with E-state index in [4.69, 9.17) is 14.2 Å². The maximum atomic E-state index is 12.9. The Bertz CT molecular complexity index is 940. The third-order valence-corrected chi connectivity index (χ3v) is 6.14. The van der Waals surface area contributed by atoms with Gasteiger partial charge in [-0.3, -0.25) is 9.59 Å². The van der Waals surface area contributed by atoms with Crippen molar-refractivity contribution in [2.45, 2.75) is 44.3 Å². The molecule has 0 saturated heterocycles. The summed E-state index contributed by atoms with van der Waals surface area (Å²) in [7, 11) is 0.